The van der Waals surface area contributed by atoms with Crippen LogP contribution in [0.5, 0.6) is 5.75 Å². The first-order valence-electron chi connectivity index (χ1n) is 7.83. The number of phenols is 1. The molecule has 2 aliphatic rings. The molecular formula is C19H12N4O3. The quantitative estimate of drug-likeness (QED) is 0.254. The SMILES string of the molecule is [N-]=[N+]=Nc1ccc(Cc2cc(=O)cc3oc4cc(O)ccc4nc2-3)cc1. The predicted molar refractivity (Wildman–Crippen MR) is 96.6 cm³/mol. The van der Waals surface area contributed by atoms with Crippen LogP contribution in [0.15, 0.2) is 68.9 Å². The van der Waals surface area contributed by atoms with Crippen LogP contribution < -0.4 is 5.43 Å². The van der Waals surface area contributed by atoms with Crippen LogP contribution in [0.2, 0.25) is 0 Å². The van der Waals surface area contributed by atoms with Crippen molar-refractivity contribution in [1.82, 2.24) is 4.98 Å². The van der Waals surface area contributed by atoms with E-state index in [0.29, 0.717) is 34.7 Å². The number of nitrogens with zero attached hydrogens (tertiary/aromatic N) is 4. The van der Waals surface area contributed by atoms with E-state index in [4.69, 9.17) is 9.95 Å². The van der Waals surface area contributed by atoms with E-state index >= 15 is 0 Å². The highest BCUT2D eigenvalue weighted by atomic mass is 16.3. The summed E-state index contributed by atoms with van der Waals surface area (Å²) in [6.07, 6.45) is 0.481. The molecule has 0 atom stereocenters. The molecule has 0 bridgehead atoms. The van der Waals surface area contributed by atoms with Crippen LogP contribution in [0.4, 0.5) is 5.69 Å². The number of benzene rings is 3. The number of hydrogen-bond acceptors (Lipinski definition) is 5. The van der Waals surface area contributed by atoms with Gasteiger partial charge in [0.2, 0.25) is 0 Å². The van der Waals surface area contributed by atoms with Gasteiger partial charge in [0.15, 0.2) is 16.8 Å². The van der Waals surface area contributed by atoms with E-state index in [1.807, 2.05) is 12.1 Å². The molecule has 0 spiro atoms. The molecule has 1 N–H and O–H groups in total. The first-order valence-corrected chi connectivity index (χ1v) is 7.83. The maximum atomic E-state index is 12.0. The maximum absolute atomic E-state index is 12.0. The minimum absolute atomic E-state index is 0.0704. The Bertz CT molecular complexity index is 1190. The van der Waals surface area contributed by atoms with Crippen LogP contribution in [0.25, 0.3) is 33.0 Å². The summed E-state index contributed by atoms with van der Waals surface area (Å²) in [4.78, 5) is 19.4. The minimum atomic E-state index is -0.178. The smallest absolute Gasteiger partial charge is 0.182 e. The molecule has 0 unspecified atom stereocenters. The van der Waals surface area contributed by atoms with Crippen LogP contribution >= 0.6 is 0 Å². The second kappa shape index (κ2) is 6.23. The molecule has 0 radical (unpaired) electrons. The van der Waals surface area contributed by atoms with Crippen LogP contribution in [0.1, 0.15) is 11.1 Å². The zero-order chi connectivity index (χ0) is 18.1. The fraction of sp³-hybridized carbons (Fsp3) is 0.0526. The summed E-state index contributed by atoms with van der Waals surface area (Å²) >= 11 is 0. The maximum Gasteiger partial charge on any atom is 0.182 e. The number of fused-ring (bicyclic) bond motifs is 2. The number of hydrogen-bond donors (Lipinski definition) is 1. The molecule has 7 nitrogen and oxygen atoms in total. The van der Waals surface area contributed by atoms with E-state index in [1.54, 1.807) is 24.3 Å². The molecule has 1 aliphatic heterocycles. The van der Waals surface area contributed by atoms with E-state index in [-0.39, 0.29) is 11.2 Å². The summed E-state index contributed by atoms with van der Waals surface area (Å²) in [5.74, 6) is 0.442. The van der Waals surface area contributed by atoms with Crippen molar-refractivity contribution in [1.29, 1.82) is 0 Å². The van der Waals surface area contributed by atoms with E-state index in [2.05, 4.69) is 15.0 Å². The van der Waals surface area contributed by atoms with Gasteiger partial charge in [-0.25, -0.2) is 4.98 Å². The lowest BCUT2D eigenvalue weighted by Gasteiger charge is -2.11. The van der Waals surface area contributed by atoms with Crippen molar-refractivity contribution in [2.75, 3.05) is 0 Å². The minimum Gasteiger partial charge on any atom is -0.508 e. The second-order valence-corrected chi connectivity index (χ2v) is 5.83. The van der Waals surface area contributed by atoms with E-state index in [0.717, 1.165) is 11.1 Å². The van der Waals surface area contributed by atoms with Crippen molar-refractivity contribution in [2.24, 2.45) is 5.11 Å². The number of aromatic hydroxyl groups is 1. The van der Waals surface area contributed by atoms with Crippen molar-refractivity contribution in [3.05, 3.63) is 86.4 Å². The number of phenolic OH excluding ortho intramolecular Hbond substituents is 1. The Morgan fingerprint density at radius 1 is 1.12 bits per heavy atom. The Morgan fingerprint density at radius 2 is 1.92 bits per heavy atom. The first-order chi connectivity index (χ1) is 12.6. The van der Waals surface area contributed by atoms with Crippen molar-refractivity contribution in [2.45, 2.75) is 6.42 Å². The Balaban J connectivity index is 1.82. The van der Waals surface area contributed by atoms with Gasteiger partial charge in [-0.15, -0.1) is 0 Å². The lowest BCUT2D eigenvalue weighted by atomic mass is 10.0. The van der Waals surface area contributed by atoms with Gasteiger partial charge >= 0.3 is 0 Å². The van der Waals surface area contributed by atoms with Gasteiger partial charge in [0, 0.05) is 22.7 Å². The highest BCUT2D eigenvalue weighted by molar-refractivity contribution is 5.78. The monoisotopic (exact) mass is 344 g/mol. The molecular weight excluding hydrogens is 332 g/mol. The molecule has 1 heterocycles. The first kappa shape index (κ1) is 15.7. The highest BCUT2D eigenvalue weighted by Crippen LogP contribution is 2.29. The van der Waals surface area contributed by atoms with E-state index in [1.165, 1.54) is 18.2 Å². The van der Waals surface area contributed by atoms with E-state index < -0.39 is 0 Å². The molecule has 26 heavy (non-hydrogen) atoms. The average Bonchev–Trinajstić information content (AvgIpc) is 2.62. The fourth-order valence-electron chi connectivity index (χ4n) is 2.84. The number of azide groups is 1. The lowest BCUT2D eigenvalue weighted by Crippen LogP contribution is -2.06. The summed E-state index contributed by atoms with van der Waals surface area (Å²) < 4.78 is 5.76. The van der Waals surface area contributed by atoms with Crippen molar-refractivity contribution in [3.8, 4) is 17.2 Å². The summed E-state index contributed by atoms with van der Waals surface area (Å²) in [6.45, 7) is 0. The molecule has 0 fully saturated rings. The van der Waals surface area contributed by atoms with Gasteiger partial charge in [0.25, 0.3) is 0 Å². The lowest BCUT2D eigenvalue weighted by molar-refractivity contribution is 0.474. The predicted octanol–water partition coefficient (Wildman–Crippen LogP) is 4.53. The third kappa shape index (κ3) is 2.94. The van der Waals surface area contributed by atoms with Gasteiger partial charge in [0.05, 0.1) is 0 Å². The van der Waals surface area contributed by atoms with Crippen LogP contribution in [-0.4, -0.2) is 10.1 Å². The third-order valence-electron chi connectivity index (χ3n) is 4.01. The Morgan fingerprint density at radius 3 is 2.69 bits per heavy atom. The van der Waals surface area contributed by atoms with Crippen molar-refractivity contribution >= 4 is 16.8 Å². The zero-order valence-electron chi connectivity index (χ0n) is 13.5. The standard InChI is InChI=1S/C19H12N4O3/c20-23-22-13-3-1-11(2-4-13)7-12-8-15(25)10-18-19(12)21-16-6-5-14(24)9-17(16)26-18/h1-6,8-10,24H,7H2. The number of aromatic nitrogens is 1. The Hall–Kier alpha value is -3.83. The molecule has 4 rings (SSSR count). The molecule has 0 amide bonds. The molecule has 0 aromatic heterocycles. The summed E-state index contributed by atoms with van der Waals surface area (Å²) in [7, 11) is 0. The average molecular weight is 344 g/mol. The van der Waals surface area contributed by atoms with Crippen molar-refractivity contribution in [3.63, 3.8) is 0 Å². The molecule has 1 aliphatic carbocycles. The topological polar surface area (TPSA) is 112 Å². The van der Waals surface area contributed by atoms with Crippen molar-refractivity contribution < 1.29 is 9.52 Å². The second-order valence-electron chi connectivity index (χ2n) is 5.83. The number of rotatable bonds is 3. The molecule has 0 saturated carbocycles. The largest absolute Gasteiger partial charge is 0.508 e. The highest BCUT2D eigenvalue weighted by Gasteiger charge is 2.16. The fourth-order valence-corrected chi connectivity index (χ4v) is 2.84. The van der Waals surface area contributed by atoms with Crippen LogP contribution in [-0.2, 0) is 6.42 Å². The molecule has 2 aromatic carbocycles. The Kier molecular flexibility index (Phi) is 3.76. The molecule has 0 saturated heterocycles. The van der Waals surface area contributed by atoms with E-state index in [9.17, 15) is 9.90 Å². The van der Waals surface area contributed by atoms with Gasteiger partial charge in [-0.2, -0.15) is 0 Å². The molecule has 7 heteroatoms. The third-order valence-corrected chi connectivity index (χ3v) is 4.01. The summed E-state index contributed by atoms with van der Waals surface area (Å²) in [6, 6.07) is 14.7. The zero-order valence-corrected chi connectivity index (χ0v) is 13.5. The summed E-state index contributed by atoms with van der Waals surface area (Å²) in [5.41, 5.74) is 12.1. The normalized spacial score (nSPS) is 10.8. The van der Waals surface area contributed by atoms with Crippen LogP contribution in [0, 0.1) is 0 Å². The van der Waals surface area contributed by atoms with Gasteiger partial charge < -0.3 is 9.52 Å². The van der Waals surface area contributed by atoms with Gasteiger partial charge in [-0.3, -0.25) is 4.79 Å². The summed E-state index contributed by atoms with van der Waals surface area (Å²) in [5, 5.41) is 13.1. The van der Waals surface area contributed by atoms with Gasteiger partial charge in [-0.1, -0.05) is 29.4 Å². The van der Waals surface area contributed by atoms with Crippen LogP contribution in [0.3, 0.4) is 0 Å². The van der Waals surface area contributed by atoms with Gasteiger partial charge in [-0.05, 0) is 41.3 Å². The molecule has 2 aromatic rings. The molecule has 126 valence electrons. The Labute approximate surface area is 147 Å². The van der Waals surface area contributed by atoms with Gasteiger partial charge in [0.1, 0.15) is 17.0 Å².